The fourth-order valence-electron chi connectivity index (χ4n) is 2.53. The summed E-state index contributed by atoms with van der Waals surface area (Å²) in [5.74, 6) is -0.128. The van der Waals surface area contributed by atoms with E-state index >= 15 is 0 Å². The van der Waals surface area contributed by atoms with Gasteiger partial charge in [0.15, 0.2) is 5.11 Å². The molecule has 1 aromatic heterocycles. The highest BCUT2D eigenvalue weighted by molar-refractivity contribution is 7.80. The van der Waals surface area contributed by atoms with Crippen molar-refractivity contribution in [3.8, 4) is 0 Å². The van der Waals surface area contributed by atoms with E-state index in [4.69, 9.17) is 12.2 Å². The lowest BCUT2D eigenvalue weighted by atomic mass is 10.2. The molecule has 112 valence electrons. The number of benzene rings is 1. The Bertz CT molecular complexity index is 790. The number of aromatic nitrogens is 1. The predicted octanol–water partition coefficient (Wildman–Crippen LogP) is 2.90. The van der Waals surface area contributed by atoms with Crippen molar-refractivity contribution in [1.82, 2.24) is 9.88 Å². The van der Waals surface area contributed by atoms with Gasteiger partial charge in [-0.2, -0.15) is 0 Å². The molecule has 3 rings (SSSR count). The summed E-state index contributed by atoms with van der Waals surface area (Å²) in [6, 6.07) is 11.5. The molecule has 1 N–H and O–H groups in total. The average Bonchev–Trinajstić information content (AvgIpc) is 2.92. The van der Waals surface area contributed by atoms with Crippen molar-refractivity contribution in [2.45, 2.75) is 13.8 Å². The van der Waals surface area contributed by atoms with E-state index in [1.165, 1.54) is 4.90 Å². The number of amides is 1. The first kappa shape index (κ1) is 14.5. The van der Waals surface area contributed by atoms with Crippen LogP contribution in [0.1, 0.15) is 17.0 Å². The minimum atomic E-state index is -0.128. The molecule has 2 heterocycles. The Hall–Kier alpha value is -2.40. The number of para-hydroxylation sites is 1. The molecule has 0 unspecified atom stereocenters. The molecule has 1 saturated heterocycles. The molecule has 1 aliphatic heterocycles. The van der Waals surface area contributed by atoms with E-state index < -0.39 is 0 Å². The molecule has 2 aromatic rings. The van der Waals surface area contributed by atoms with Crippen molar-refractivity contribution in [3.63, 3.8) is 0 Å². The van der Waals surface area contributed by atoms with Crippen molar-refractivity contribution >= 4 is 35.0 Å². The predicted molar refractivity (Wildman–Crippen MR) is 92.5 cm³/mol. The summed E-state index contributed by atoms with van der Waals surface area (Å²) in [5, 5.41) is 3.43. The third kappa shape index (κ3) is 2.33. The standard InChI is InChI=1S/C17H17N3OS/c1-11-9-13(12(2)19(11)3)10-15-16(21)20(17(22)18-15)14-7-5-4-6-8-14/h4-10H,1-3H3,(H,18,22)/b15-10-. The molecule has 0 aliphatic carbocycles. The van der Waals surface area contributed by atoms with Crippen LogP contribution in [0.4, 0.5) is 5.69 Å². The topological polar surface area (TPSA) is 37.3 Å². The minimum Gasteiger partial charge on any atom is -0.352 e. The van der Waals surface area contributed by atoms with Crippen LogP contribution in [-0.2, 0) is 11.8 Å². The van der Waals surface area contributed by atoms with Crippen LogP contribution in [0.3, 0.4) is 0 Å². The van der Waals surface area contributed by atoms with Gasteiger partial charge in [0, 0.05) is 18.4 Å². The first-order valence-electron chi connectivity index (χ1n) is 7.04. The molecule has 1 aromatic carbocycles. The van der Waals surface area contributed by atoms with Gasteiger partial charge in [0.05, 0.1) is 5.69 Å². The maximum atomic E-state index is 12.6. The van der Waals surface area contributed by atoms with Gasteiger partial charge >= 0.3 is 0 Å². The van der Waals surface area contributed by atoms with Gasteiger partial charge in [-0.1, -0.05) is 18.2 Å². The van der Waals surface area contributed by atoms with Crippen LogP contribution in [-0.4, -0.2) is 15.6 Å². The molecular weight excluding hydrogens is 294 g/mol. The quantitative estimate of drug-likeness (QED) is 0.684. The molecule has 1 fully saturated rings. The monoisotopic (exact) mass is 311 g/mol. The van der Waals surface area contributed by atoms with Crippen LogP contribution in [0.5, 0.6) is 0 Å². The largest absolute Gasteiger partial charge is 0.352 e. The summed E-state index contributed by atoms with van der Waals surface area (Å²) in [4.78, 5) is 14.1. The lowest BCUT2D eigenvalue weighted by molar-refractivity contribution is -0.113. The van der Waals surface area contributed by atoms with Gasteiger partial charge in [0.25, 0.3) is 5.91 Å². The van der Waals surface area contributed by atoms with Crippen molar-refractivity contribution in [2.24, 2.45) is 7.05 Å². The number of nitrogens with zero attached hydrogens (tertiary/aromatic N) is 2. The maximum Gasteiger partial charge on any atom is 0.281 e. The Labute approximate surface area is 135 Å². The number of hydrogen-bond donors (Lipinski definition) is 1. The highest BCUT2D eigenvalue weighted by atomic mass is 32.1. The zero-order valence-electron chi connectivity index (χ0n) is 12.8. The molecule has 0 radical (unpaired) electrons. The van der Waals surface area contributed by atoms with E-state index in [0.717, 1.165) is 22.6 Å². The van der Waals surface area contributed by atoms with Crippen LogP contribution < -0.4 is 10.2 Å². The third-order valence-electron chi connectivity index (χ3n) is 4.01. The van der Waals surface area contributed by atoms with E-state index in [0.29, 0.717) is 10.8 Å². The lowest BCUT2D eigenvalue weighted by Crippen LogP contribution is -2.30. The lowest BCUT2D eigenvalue weighted by Gasteiger charge is -2.13. The highest BCUT2D eigenvalue weighted by Crippen LogP contribution is 2.23. The van der Waals surface area contributed by atoms with Crippen LogP contribution >= 0.6 is 12.2 Å². The Kier molecular flexibility index (Phi) is 3.58. The average molecular weight is 311 g/mol. The van der Waals surface area contributed by atoms with E-state index in [1.807, 2.05) is 57.3 Å². The number of nitrogens with one attached hydrogen (secondary N) is 1. The highest BCUT2D eigenvalue weighted by Gasteiger charge is 2.31. The van der Waals surface area contributed by atoms with Gasteiger partial charge < -0.3 is 9.88 Å². The smallest absolute Gasteiger partial charge is 0.281 e. The summed E-state index contributed by atoms with van der Waals surface area (Å²) in [6.07, 6.45) is 1.86. The van der Waals surface area contributed by atoms with Crippen LogP contribution in [0.25, 0.3) is 6.08 Å². The summed E-state index contributed by atoms with van der Waals surface area (Å²) < 4.78 is 2.10. The van der Waals surface area contributed by atoms with Crippen molar-refractivity contribution in [1.29, 1.82) is 0 Å². The third-order valence-corrected chi connectivity index (χ3v) is 4.29. The van der Waals surface area contributed by atoms with Gasteiger partial charge in [-0.05, 0) is 55.9 Å². The number of rotatable bonds is 2. The first-order valence-corrected chi connectivity index (χ1v) is 7.45. The summed E-state index contributed by atoms with van der Waals surface area (Å²) in [5.41, 5.74) is 4.56. The number of carbonyl (C=O) groups excluding carboxylic acids is 1. The fraction of sp³-hybridized carbons (Fsp3) is 0.176. The SMILES string of the molecule is Cc1cc(/C=C2\NC(=S)N(c3ccccc3)C2=O)c(C)n1C. The van der Waals surface area contributed by atoms with E-state index in [9.17, 15) is 4.79 Å². The zero-order valence-corrected chi connectivity index (χ0v) is 13.6. The number of carbonyl (C=O) groups is 1. The summed E-state index contributed by atoms with van der Waals surface area (Å²) in [6.45, 7) is 4.08. The number of thiocarbonyl (C=S) groups is 1. The molecule has 22 heavy (non-hydrogen) atoms. The van der Waals surface area contributed by atoms with Gasteiger partial charge in [-0.25, -0.2) is 0 Å². The van der Waals surface area contributed by atoms with Crippen LogP contribution in [0.2, 0.25) is 0 Å². The fourth-order valence-corrected chi connectivity index (χ4v) is 2.83. The second-order valence-corrected chi connectivity index (χ2v) is 5.74. The van der Waals surface area contributed by atoms with E-state index in [2.05, 4.69) is 16.0 Å². The van der Waals surface area contributed by atoms with Crippen molar-refractivity contribution < 1.29 is 4.79 Å². The normalized spacial score (nSPS) is 16.5. The van der Waals surface area contributed by atoms with Gasteiger partial charge in [-0.15, -0.1) is 0 Å². The molecule has 0 saturated carbocycles. The van der Waals surface area contributed by atoms with Crippen LogP contribution in [0, 0.1) is 13.8 Å². The summed E-state index contributed by atoms with van der Waals surface area (Å²) >= 11 is 5.30. The van der Waals surface area contributed by atoms with Gasteiger partial charge in [0.2, 0.25) is 0 Å². The summed E-state index contributed by atoms with van der Waals surface area (Å²) in [7, 11) is 2.01. The second-order valence-electron chi connectivity index (χ2n) is 5.35. The molecule has 1 amide bonds. The Morgan fingerprint density at radius 1 is 1.18 bits per heavy atom. The molecule has 0 atom stereocenters. The Morgan fingerprint density at radius 3 is 2.45 bits per heavy atom. The molecule has 0 spiro atoms. The van der Waals surface area contributed by atoms with Crippen molar-refractivity contribution in [3.05, 3.63) is 59.0 Å². The van der Waals surface area contributed by atoms with E-state index in [-0.39, 0.29) is 5.91 Å². The molecule has 4 nitrogen and oxygen atoms in total. The van der Waals surface area contributed by atoms with E-state index in [1.54, 1.807) is 0 Å². The Balaban J connectivity index is 1.97. The van der Waals surface area contributed by atoms with Gasteiger partial charge in [0.1, 0.15) is 5.70 Å². The van der Waals surface area contributed by atoms with Crippen molar-refractivity contribution in [2.75, 3.05) is 4.90 Å². The molecular formula is C17H17N3OS. The number of anilines is 1. The zero-order chi connectivity index (χ0) is 15.9. The molecule has 1 aliphatic rings. The second kappa shape index (κ2) is 5.42. The Morgan fingerprint density at radius 2 is 1.86 bits per heavy atom. The maximum absolute atomic E-state index is 12.6. The number of aryl methyl sites for hydroxylation is 1. The first-order chi connectivity index (χ1) is 10.5. The van der Waals surface area contributed by atoms with Gasteiger partial charge in [-0.3, -0.25) is 9.69 Å². The number of hydrogen-bond acceptors (Lipinski definition) is 2. The molecule has 5 heteroatoms. The van der Waals surface area contributed by atoms with Crippen LogP contribution in [0.15, 0.2) is 42.1 Å². The minimum absolute atomic E-state index is 0.128. The molecule has 0 bridgehead atoms.